The zero-order valence-corrected chi connectivity index (χ0v) is 12.0. The molecule has 2 N–H and O–H groups in total. The van der Waals surface area contributed by atoms with Gasteiger partial charge in [-0.3, -0.25) is 4.79 Å². The van der Waals surface area contributed by atoms with Crippen molar-refractivity contribution >= 4 is 22.4 Å². The van der Waals surface area contributed by atoms with Gasteiger partial charge in [0, 0.05) is 35.1 Å². The first-order chi connectivity index (χ1) is 10.2. The fourth-order valence-corrected chi connectivity index (χ4v) is 2.53. The number of aromatic amines is 1. The van der Waals surface area contributed by atoms with Gasteiger partial charge in [-0.05, 0) is 13.0 Å². The molecule has 106 valence electrons. The molecular formula is C18H18N2O. The van der Waals surface area contributed by atoms with Gasteiger partial charge in [0.25, 0.3) is 0 Å². The van der Waals surface area contributed by atoms with Crippen LogP contribution in [0.1, 0.15) is 23.7 Å². The first-order valence-electron chi connectivity index (χ1n) is 7.15. The van der Waals surface area contributed by atoms with E-state index in [1.807, 2.05) is 61.7 Å². The number of Topliss-reactive ketones (excluding diaryl/α,β-unsaturated/α-hetero) is 1. The Morgan fingerprint density at radius 2 is 1.81 bits per heavy atom. The monoisotopic (exact) mass is 278 g/mol. The Hall–Kier alpha value is -2.55. The quantitative estimate of drug-likeness (QED) is 0.686. The van der Waals surface area contributed by atoms with Crippen LogP contribution in [-0.4, -0.2) is 16.8 Å². The maximum Gasteiger partial charge on any atom is 0.164 e. The van der Waals surface area contributed by atoms with Crippen molar-refractivity contribution in [1.82, 2.24) is 4.98 Å². The van der Waals surface area contributed by atoms with E-state index < -0.39 is 0 Å². The van der Waals surface area contributed by atoms with E-state index in [4.69, 9.17) is 0 Å². The molecule has 1 aromatic heterocycles. The van der Waals surface area contributed by atoms with Crippen molar-refractivity contribution in [3.8, 4) is 0 Å². The third-order valence-corrected chi connectivity index (χ3v) is 3.58. The molecule has 3 rings (SSSR count). The summed E-state index contributed by atoms with van der Waals surface area (Å²) >= 11 is 0. The first kappa shape index (κ1) is 13.4. The predicted molar refractivity (Wildman–Crippen MR) is 86.8 cm³/mol. The lowest BCUT2D eigenvalue weighted by Gasteiger charge is -2.13. The Kier molecular flexibility index (Phi) is 3.73. The van der Waals surface area contributed by atoms with E-state index >= 15 is 0 Å². The molecule has 0 radical (unpaired) electrons. The third kappa shape index (κ3) is 2.97. The summed E-state index contributed by atoms with van der Waals surface area (Å²) in [5.74, 6) is 0.162. The highest BCUT2D eigenvalue weighted by Gasteiger charge is 2.12. The van der Waals surface area contributed by atoms with Gasteiger partial charge < -0.3 is 10.3 Å². The van der Waals surface area contributed by atoms with E-state index in [-0.39, 0.29) is 11.8 Å². The second-order valence-corrected chi connectivity index (χ2v) is 5.29. The van der Waals surface area contributed by atoms with Crippen molar-refractivity contribution in [3.05, 3.63) is 66.4 Å². The maximum atomic E-state index is 12.2. The highest BCUT2D eigenvalue weighted by Crippen LogP contribution is 2.23. The van der Waals surface area contributed by atoms with Crippen molar-refractivity contribution in [1.29, 1.82) is 0 Å². The fraction of sp³-hybridized carbons (Fsp3) is 0.167. The minimum Gasteiger partial charge on any atom is -0.380 e. The molecule has 0 bridgehead atoms. The van der Waals surface area contributed by atoms with Crippen LogP contribution < -0.4 is 5.32 Å². The van der Waals surface area contributed by atoms with Gasteiger partial charge in [-0.25, -0.2) is 0 Å². The normalized spacial score (nSPS) is 12.2. The molecule has 0 aliphatic rings. The topological polar surface area (TPSA) is 44.9 Å². The van der Waals surface area contributed by atoms with E-state index in [2.05, 4.69) is 16.4 Å². The van der Waals surface area contributed by atoms with E-state index in [0.29, 0.717) is 6.42 Å². The Morgan fingerprint density at radius 3 is 2.62 bits per heavy atom. The molecule has 1 unspecified atom stereocenters. The molecule has 3 nitrogen and oxygen atoms in total. The van der Waals surface area contributed by atoms with E-state index in [1.165, 1.54) is 0 Å². The van der Waals surface area contributed by atoms with Crippen LogP contribution in [-0.2, 0) is 0 Å². The van der Waals surface area contributed by atoms with Crippen LogP contribution in [0.4, 0.5) is 5.69 Å². The summed E-state index contributed by atoms with van der Waals surface area (Å²) in [7, 11) is 0. The molecular weight excluding hydrogens is 260 g/mol. The molecule has 21 heavy (non-hydrogen) atoms. The summed E-state index contributed by atoms with van der Waals surface area (Å²) in [6, 6.07) is 17.6. The van der Waals surface area contributed by atoms with Crippen LogP contribution in [0, 0.1) is 0 Å². The molecule has 0 saturated carbocycles. The van der Waals surface area contributed by atoms with Crippen LogP contribution in [0.3, 0.4) is 0 Å². The zero-order valence-electron chi connectivity index (χ0n) is 12.0. The van der Waals surface area contributed by atoms with Crippen LogP contribution in [0.25, 0.3) is 10.9 Å². The minimum absolute atomic E-state index is 0.0805. The Labute approximate surface area is 124 Å². The van der Waals surface area contributed by atoms with Gasteiger partial charge in [-0.2, -0.15) is 0 Å². The lowest BCUT2D eigenvalue weighted by Crippen LogP contribution is -2.19. The van der Waals surface area contributed by atoms with Crippen LogP contribution >= 0.6 is 0 Å². The number of carbonyl (C=O) groups is 1. The van der Waals surface area contributed by atoms with Gasteiger partial charge in [0.15, 0.2) is 5.78 Å². The number of hydrogen-bond acceptors (Lipinski definition) is 2. The summed E-state index contributed by atoms with van der Waals surface area (Å²) < 4.78 is 0. The highest BCUT2D eigenvalue weighted by atomic mass is 16.1. The van der Waals surface area contributed by atoms with Crippen molar-refractivity contribution in [3.63, 3.8) is 0 Å². The molecule has 2 aromatic carbocycles. The molecule has 0 amide bonds. The van der Waals surface area contributed by atoms with E-state index in [9.17, 15) is 4.79 Å². The molecule has 0 aliphatic carbocycles. The van der Waals surface area contributed by atoms with Gasteiger partial charge in [0.2, 0.25) is 0 Å². The largest absolute Gasteiger partial charge is 0.380 e. The van der Waals surface area contributed by atoms with Crippen LogP contribution in [0.5, 0.6) is 0 Å². The van der Waals surface area contributed by atoms with Crippen molar-refractivity contribution in [2.75, 3.05) is 5.32 Å². The molecule has 0 spiro atoms. The van der Waals surface area contributed by atoms with Gasteiger partial charge in [0.1, 0.15) is 0 Å². The second kappa shape index (κ2) is 5.83. The van der Waals surface area contributed by atoms with E-state index in [1.54, 1.807) is 0 Å². The summed E-state index contributed by atoms with van der Waals surface area (Å²) in [6.07, 6.45) is 2.43. The smallest absolute Gasteiger partial charge is 0.164 e. The lowest BCUT2D eigenvalue weighted by molar-refractivity contribution is 0.0978. The summed E-state index contributed by atoms with van der Waals surface area (Å²) in [4.78, 5) is 15.4. The standard InChI is InChI=1S/C18H18N2O/c1-13(11-18(21)14-7-3-2-4-8-14)20-17-12-19-16-10-6-5-9-15(16)17/h2-10,12-13,19-20H,11H2,1H3. The Morgan fingerprint density at radius 1 is 1.10 bits per heavy atom. The van der Waals surface area contributed by atoms with Crippen molar-refractivity contribution in [2.24, 2.45) is 0 Å². The van der Waals surface area contributed by atoms with Crippen LogP contribution in [0.15, 0.2) is 60.8 Å². The number of carbonyl (C=O) groups excluding carboxylic acids is 1. The first-order valence-corrected chi connectivity index (χ1v) is 7.15. The number of hydrogen-bond donors (Lipinski definition) is 2. The summed E-state index contributed by atoms with van der Waals surface area (Å²) in [5, 5.41) is 4.56. The number of fused-ring (bicyclic) bond motifs is 1. The van der Waals surface area contributed by atoms with Crippen LogP contribution in [0.2, 0.25) is 0 Å². The number of H-pyrrole nitrogens is 1. The SMILES string of the molecule is CC(CC(=O)c1ccccc1)Nc1c[nH]c2ccccc12. The number of ketones is 1. The third-order valence-electron chi connectivity index (χ3n) is 3.58. The maximum absolute atomic E-state index is 12.2. The van der Waals surface area contributed by atoms with Gasteiger partial charge in [-0.15, -0.1) is 0 Å². The van der Waals surface area contributed by atoms with Gasteiger partial charge in [-0.1, -0.05) is 48.5 Å². The number of rotatable bonds is 5. The number of nitrogens with one attached hydrogen (secondary N) is 2. The minimum atomic E-state index is 0.0805. The average molecular weight is 278 g/mol. The lowest BCUT2D eigenvalue weighted by atomic mass is 10.0. The average Bonchev–Trinajstić information content (AvgIpc) is 2.91. The molecule has 3 heteroatoms. The molecule has 1 atom stereocenters. The van der Waals surface area contributed by atoms with Crippen molar-refractivity contribution < 1.29 is 4.79 Å². The zero-order chi connectivity index (χ0) is 14.7. The summed E-state index contributed by atoms with van der Waals surface area (Å²) in [5.41, 5.74) is 2.91. The highest BCUT2D eigenvalue weighted by molar-refractivity contribution is 5.97. The number of aromatic nitrogens is 1. The Bertz CT molecular complexity index is 746. The number of benzene rings is 2. The summed E-state index contributed by atoms with van der Waals surface area (Å²) in [6.45, 7) is 2.03. The van der Waals surface area contributed by atoms with E-state index in [0.717, 1.165) is 22.2 Å². The second-order valence-electron chi connectivity index (χ2n) is 5.29. The Balaban J connectivity index is 1.69. The van der Waals surface area contributed by atoms with Gasteiger partial charge >= 0.3 is 0 Å². The van der Waals surface area contributed by atoms with Crippen molar-refractivity contribution in [2.45, 2.75) is 19.4 Å². The predicted octanol–water partition coefficient (Wildman–Crippen LogP) is 4.24. The molecule has 1 heterocycles. The van der Waals surface area contributed by atoms with Gasteiger partial charge in [0.05, 0.1) is 5.69 Å². The fourth-order valence-electron chi connectivity index (χ4n) is 2.53. The molecule has 0 aliphatic heterocycles. The molecule has 0 saturated heterocycles. The molecule has 0 fully saturated rings. The number of para-hydroxylation sites is 1. The molecule has 3 aromatic rings. The number of anilines is 1.